The monoisotopic (exact) mass is 234 g/mol. The van der Waals surface area contributed by atoms with Crippen molar-refractivity contribution in [3.05, 3.63) is 24.0 Å². The maximum Gasteiger partial charge on any atom is 0.405 e. The molecule has 0 fully saturated rings. The van der Waals surface area contributed by atoms with Crippen molar-refractivity contribution in [2.45, 2.75) is 19.7 Å². The van der Waals surface area contributed by atoms with Crippen LogP contribution >= 0.6 is 0 Å². The van der Waals surface area contributed by atoms with Crippen molar-refractivity contribution in [1.82, 2.24) is 4.98 Å². The largest absolute Gasteiger partial charge is 0.405 e. The molecular weight excluding hydrogens is 221 g/mol. The number of aliphatic hydroxyl groups is 1. The lowest BCUT2D eigenvalue weighted by Gasteiger charge is -2.26. The van der Waals surface area contributed by atoms with Crippen LogP contribution in [0.15, 0.2) is 18.5 Å². The molecule has 0 spiro atoms. The first-order valence-electron chi connectivity index (χ1n) is 4.83. The van der Waals surface area contributed by atoms with Gasteiger partial charge in [-0.3, -0.25) is 4.98 Å². The highest BCUT2D eigenvalue weighted by Crippen LogP contribution is 2.24. The molecule has 0 aliphatic rings. The summed E-state index contributed by atoms with van der Waals surface area (Å²) in [4.78, 5) is 4.92. The Balaban J connectivity index is 2.94. The number of anilines is 1. The van der Waals surface area contributed by atoms with Gasteiger partial charge in [0, 0.05) is 30.2 Å². The topological polar surface area (TPSA) is 36.4 Å². The number of rotatable bonds is 4. The minimum absolute atomic E-state index is 0.219. The van der Waals surface area contributed by atoms with Gasteiger partial charge in [-0.1, -0.05) is 0 Å². The third-order valence-electron chi connectivity index (χ3n) is 2.14. The first-order valence-corrected chi connectivity index (χ1v) is 4.83. The van der Waals surface area contributed by atoms with E-state index in [9.17, 15) is 13.2 Å². The van der Waals surface area contributed by atoms with E-state index in [0.717, 1.165) is 4.90 Å². The second kappa shape index (κ2) is 5.16. The molecule has 1 aromatic heterocycles. The molecule has 0 unspecified atom stereocenters. The molecule has 0 bridgehead atoms. The molecule has 1 rings (SSSR count). The first kappa shape index (κ1) is 12.8. The predicted octanol–water partition coefficient (Wildman–Crippen LogP) is 1.96. The van der Waals surface area contributed by atoms with Crippen LogP contribution in [-0.4, -0.2) is 29.4 Å². The molecule has 0 atom stereocenters. The van der Waals surface area contributed by atoms with E-state index in [0.29, 0.717) is 11.3 Å². The van der Waals surface area contributed by atoms with Crippen LogP contribution in [0, 0.1) is 0 Å². The molecule has 90 valence electrons. The van der Waals surface area contributed by atoms with Crippen LogP contribution < -0.4 is 4.90 Å². The van der Waals surface area contributed by atoms with Crippen LogP contribution in [0.1, 0.15) is 12.5 Å². The number of aliphatic hydroxyl groups excluding tert-OH is 1. The third-order valence-corrected chi connectivity index (χ3v) is 2.14. The highest BCUT2D eigenvalue weighted by Gasteiger charge is 2.30. The number of hydrogen-bond acceptors (Lipinski definition) is 3. The Morgan fingerprint density at radius 1 is 1.44 bits per heavy atom. The Bertz CT molecular complexity index is 341. The van der Waals surface area contributed by atoms with Crippen LogP contribution in [0.25, 0.3) is 0 Å². The van der Waals surface area contributed by atoms with Gasteiger partial charge < -0.3 is 10.0 Å². The molecule has 0 aliphatic carbocycles. The lowest BCUT2D eigenvalue weighted by molar-refractivity contribution is -0.119. The van der Waals surface area contributed by atoms with Crippen molar-refractivity contribution >= 4 is 5.69 Å². The van der Waals surface area contributed by atoms with Crippen LogP contribution in [-0.2, 0) is 6.61 Å². The number of aromatic nitrogens is 1. The van der Waals surface area contributed by atoms with E-state index in [1.807, 2.05) is 0 Å². The van der Waals surface area contributed by atoms with Gasteiger partial charge in [-0.25, -0.2) is 0 Å². The fourth-order valence-electron chi connectivity index (χ4n) is 1.43. The molecule has 1 heterocycles. The molecular formula is C10H13F3N2O. The maximum absolute atomic E-state index is 12.3. The van der Waals surface area contributed by atoms with Crippen molar-refractivity contribution in [3.63, 3.8) is 0 Å². The third kappa shape index (κ3) is 3.37. The smallest absolute Gasteiger partial charge is 0.392 e. The standard InChI is InChI=1S/C10H13F3N2O/c1-2-15(7-10(11,12)13)9-3-4-14-5-8(9)6-16/h3-5,16H,2,6-7H2,1H3. The van der Waals surface area contributed by atoms with Crippen LogP contribution in [0.2, 0.25) is 0 Å². The summed E-state index contributed by atoms with van der Waals surface area (Å²) in [5, 5.41) is 9.01. The van der Waals surface area contributed by atoms with Gasteiger partial charge >= 0.3 is 6.18 Å². The molecule has 0 saturated carbocycles. The summed E-state index contributed by atoms with van der Waals surface area (Å²) in [7, 11) is 0. The van der Waals surface area contributed by atoms with E-state index in [1.165, 1.54) is 18.5 Å². The fourth-order valence-corrected chi connectivity index (χ4v) is 1.43. The van der Waals surface area contributed by atoms with E-state index in [2.05, 4.69) is 4.98 Å². The summed E-state index contributed by atoms with van der Waals surface area (Å²) in [5.41, 5.74) is 0.769. The number of alkyl halides is 3. The predicted molar refractivity (Wildman–Crippen MR) is 54.1 cm³/mol. The molecule has 0 aliphatic heterocycles. The molecule has 0 amide bonds. The van der Waals surface area contributed by atoms with E-state index in [1.54, 1.807) is 6.92 Å². The van der Waals surface area contributed by atoms with Gasteiger partial charge in [0.15, 0.2) is 0 Å². The van der Waals surface area contributed by atoms with Gasteiger partial charge in [-0.2, -0.15) is 13.2 Å². The quantitative estimate of drug-likeness (QED) is 0.865. The number of pyridine rings is 1. The molecule has 1 aromatic rings. The number of halogens is 3. The van der Waals surface area contributed by atoms with Crippen LogP contribution in [0.5, 0.6) is 0 Å². The molecule has 0 saturated heterocycles. The lowest BCUT2D eigenvalue weighted by atomic mass is 10.2. The van der Waals surface area contributed by atoms with Crippen molar-refractivity contribution in [1.29, 1.82) is 0 Å². The minimum Gasteiger partial charge on any atom is -0.392 e. The molecule has 6 heteroatoms. The van der Waals surface area contributed by atoms with Gasteiger partial charge in [-0.15, -0.1) is 0 Å². The Morgan fingerprint density at radius 3 is 2.62 bits per heavy atom. The van der Waals surface area contributed by atoms with Crippen molar-refractivity contribution in [3.8, 4) is 0 Å². The molecule has 3 nitrogen and oxygen atoms in total. The zero-order chi connectivity index (χ0) is 12.2. The summed E-state index contributed by atoms with van der Waals surface area (Å²) in [5.74, 6) is 0. The number of nitrogens with zero attached hydrogens (tertiary/aromatic N) is 2. The fraction of sp³-hybridized carbons (Fsp3) is 0.500. The van der Waals surface area contributed by atoms with Crippen molar-refractivity contribution in [2.24, 2.45) is 0 Å². The van der Waals surface area contributed by atoms with Gasteiger partial charge in [0.1, 0.15) is 6.54 Å². The summed E-state index contributed by atoms with van der Waals surface area (Å²) in [6.07, 6.45) is -1.48. The Hall–Kier alpha value is -1.30. The van der Waals surface area contributed by atoms with E-state index in [-0.39, 0.29) is 13.2 Å². The normalized spacial score (nSPS) is 11.6. The molecule has 1 N–H and O–H groups in total. The zero-order valence-electron chi connectivity index (χ0n) is 8.83. The van der Waals surface area contributed by atoms with Gasteiger partial charge in [0.2, 0.25) is 0 Å². The van der Waals surface area contributed by atoms with Crippen molar-refractivity contribution < 1.29 is 18.3 Å². The van der Waals surface area contributed by atoms with Crippen LogP contribution in [0.4, 0.5) is 18.9 Å². The molecule has 16 heavy (non-hydrogen) atoms. The van der Waals surface area contributed by atoms with Crippen LogP contribution in [0.3, 0.4) is 0 Å². The van der Waals surface area contributed by atoms with E-state index >= 15 is 0 Å². The molecule has 0 aromatic carbocycles. The van der Waals surface area contributed by atoms with E-state index < -0.39 is 12.7 Å². The molecule has 0 radical (unpaired) electrons. The number of hydrogen-bond donors (Lipinski definition) is 1. The highest BCUT2D eigenvalue weighted by atomic mass is 19.4. The van der Waals surface area contributed by atoms with Gasteiger partial charge in [0.05, 0.1) is 6.61 Å². The second-order valence-corrected chi connectivity index (χ2v) is 3.29. The Morgan fingerprint density at radius 2 is 2.12 bits per heavy atom. The summed E-state index contributed by atoms with van der Waals surface area (Å²) in [6.45, 7) is 0.502. The lowest BCUT2D eigenvalue weighted by Crippen LogP contribution is -2.34. The summed E-state index contributed by atoms with van der Waals surface area (Å²) < 4.78 is 36.9. The minimum atomic E-state index is -4.26. The summed E-state index contributed by atoms with van der Waals surface area (Å²) in [6, 6.07) is 1.47. The Kier molecular flexibility index (Phi) is 4.12. The summed E-state index contributed by atoms with van der Waals surface area (Å²) >= 11 is 0. The highest BCUT2D eigenvalue weighted by molar-refractivity contribution is 5.52. The zero-order valence-corrected chi connectivity index (χ0v) is 8.83. The van der Waals surface area contributed by atoms with Gasteiger partial charge in [-0.05, 0) is 13.0 Å². The first-order chi connectivity index (χ1) is 7.48. The SMILES string of the molecule is CCN(CC(F)(F)F)c1ccncc1CO. The Labute approximate surface area is 91.5 Å². The second-order valence-electron chi connectivity index (χ2n) is 3.29. The van der Waals surface area contributed by atoms with E-state index in [4.69, 9.17) is 5.11 Å². The van der Waals surface area contributed by atoms with Crippen molar-refractivity contribution in [2.75, 3.05) is 18.0 Å². The average Bonchev–Trinajstić information content (AvgIpc) is 2.24. The average molecular weight is 234 g/mol. The van der Waals surface area contributed by atoms with Gasteiger partial charge in [0.25, 0.3) is 0 Å². The maximum atomic E-state index is 12.3.